The van der Waals surface area contributed by atoms with E-state index in [1.807, 2.05) is 97.1 Å². The summed E-state index contributed by atoms with van der Waals surface area (Å²) in [5.41, 5.74) is 3.78. The Hall–Kier alpha value is -4.44. The largest absolute Gasteiger partial charge is 0.492 e. The number of benzene rings is 4. The van der Waals surface area contributed by atoms with Gasteiger partial charge in [-0.05, 0) is 28.8 Å². The van der Waals surface area contributed by atoms with Crippen LogP contribution in [0.25, 0.3) is 11.3 Å². The highest BCUT2D eigenvalue weighted by atomic mass is 16.4. The molecule has 2 N–H and O–H groups in total. The molecule has 6 heteroatoms. The van der Waals surface area contributed by atoms with Crippen molar-refractivity contribution in [2.75, 3.05) is 0 Å². The minimum atomic E-state index is -1.75. The van der Waals surface area contributed by atoms with Crippen molar-refractivity contribution in [2.24, 2.45) is 0 Å². The van der Waals surface area contributed by atoms with Crippen LogP contribution in [0.3, 0.4) is 0 Å². The zero-order valence-electron chi connectivity index (χ0n) is 18.9. The molecule has 35 heavy (non-hydrogen) atoms. The maximum absolute atomic E-state index is 10.3. The number of nitrogens with zero attached hydrogens (tertiary/aromatic N) is 3. The standard InChI is InChI=1S/C29H22BN3O2/c31-20-22-11-10-12-23(19-22)28-27(30(34)35)21-33(32-28)29(24-13-4-1-5-14-24,25-15-6-2-7-16-25)26-17-8-3-9-18-26/h1-19,21,34-35H. The van der Waals surface area contributed by atoms with Gasteiger partial charge in [-0.3, -0.25) is 4.68 Å². The van der Waals surface area contributed by atoms with Crippen LogP contribution in [-0.4, -0.2) is 26.9 Å². The Morgan fingerprint density at radius 1 is 0.714 bits per heavy atom. The van der Waals surface area contributed by atoms with Gasteiger partial charge in [0.2, 0.25) is 0 Å². The molecule has 4 aromatic carbocycles. The molecule has 0 aliphatic heterocycles. The van der Waals surface area contributed by atoms with E-state index in [0.29, 0.717) is 16.8 Å². The summed E-state index contributed by atoms with van der Waals surface area (Å²) in [6, 6.07) is 39.2. The number of hydrogen-bond donors (Lipinski definition) is 2. The second-order valence-corrected chi connectivity index (χ2v) is 8.25. The van der Waals surface area contributed by atoms with E-state index in [-0.39, 0.29) is 5.46 Å². The van der Waals surface area contributed by atoms with Crippen molar-refractivity contribution in [2.45, 2.75) is 5.54 Å². The summed E-state index contributed by atoms with van der Waals surface area (Å²) in [7, 11) is -1.75. The Bertz CT molecular complexity index is 1380. The Balaban J connectivity index is 1.88. The highest BCUT2D eigenvalue weighted by Gasteiger charge is 2.40. The fourth-order valence-corrected chi connectivity index (χ4v) is 4.64. The predicted molar refractivity (Wildman–Crippen MR) is 137 cm³/mol. The van der Waals surface area contributed by atoms with Gasteiger partial charge in [-0.2, -0.15) is 10.4 Å². The highest BCUT2D eigenvalue weighted by Crippen LogP contribution is 2.40. The first kappa shape index (κ1) is 22.4. The molecule has 1 aromatic heterocycles. The van der Waals surface area contributed by atoms with Gasteiger partial charge in [-0.25, -0.2) is 0 Å². The lowest BCUT2D eigenvalue weighted by Gasteiger charge is -2.36. The monoisotopic (exact) mass is 455 g/mol. The summed E-state index contributed by atoms with van der Waals surface area (Å²) in [4.78, 5) is 0. The molecular weight excluding hydrogens is 433 g/mol. The minimum Gasteiger partial charge on any atom is -0.423 e. The molecule has 0 radical (unpaired) electrons. The lowest BCUT2D eigenvalue weighted by atomic mass is 9.76. The molecule has 0 spiro atoms. The first-order valence-electron chi connectivity index (χ1n) is 11.3. The molecule has 0 aliphatic carbocycles. The van der Waals surface area contributed by atoms with Gasteiger partial charge in [0.25, 0.3) is 0 Å². The third-order valence-electron chi connectivity index (χ3n) is 6.20. The van der Waals surface area contributed by atoms with Gasteiger partial charge in [0.15, 0.2) is 0 Å². The molecule has 0 atom stereocenters. The van der Waals surface area contributed by atoms with Crippen molar-refractivity contribution < 1.29 is 10.0 Å². The van der Waals surface area contributed by atoms with Crippen LogP contribution in [-0.2, 0) is 5.54 Å². The Morgan fingerprint density at radius 2 is 1.23 bits per heavy atom. The van der Waals surface area contributed by atoms with Crippen LogP contribution in [0.4, 0.5) is 0 Å². The number of hydrogen-bond acceptors (Lipinski definition) is 4. The van der Waals surface area contributed by atoms with Crippen molar-refractivity contribution in [3.8, 4) is 17.3 Å². The normalized spacial score (nSPS) is 11.1. The summed E-state index contributed by atoms with van der Waals surface area (Å²) < 4.78 is 1.80. The first-order valence-corrected chi connectivity index (χ1v) is 11.3. The van der Waals surface area contributed by atoms with Crippen LogP contribution >= 0.6 is 0 Å². The second kappa shape index (κ2) is 9.44. The van der Waals surface area contributed by atoms with Gasteiger partial charge < -0.3 is 10.0 Å². The van der Waals surface area contributed by atoms with Gasteiger partial charge in [0.1, 0.15) is 5.54 Å². The fraction of sp³-hybridized carbons (Fsp3) is 0.0345. The molecule has 5 nitrogen and oxygen atoms in total. The van der Waals surface area contributed by atoms with E-state index in [4.69, 9.17) is 5.10 Å². The van der Waals surface area contributed by atoms with Crippen LogP contribution < -0.4 is 5.46 Å². The Kier molecular flexibility index (Phi) is 6.03. The third-order valence-corrected chi connectivity index (χ3v) is 6.20. The molecule has 1 heterocycles. The number of rotatable bonds is 6. The summed E-state index contributed by atoms with van der Waals surface area (Å²) in [6.45, 7) is 0. The van der Waals surface area contributed by atoms with Crippen molar-refractivity contribution in [3.63, 3.8) is 0 Å². The maximum Gasteiger partial charge on any atom is 0.492 e. The van der Waals surface area contributed by atoms with Gasteiger partial charge in [0, 0.05) is 17.2 Å². The SMILES string of the molecule is N#Cc1cccc(-c2nn(C(c3ccccc3)(c3ccccc3)c3ccccc3)cc2B(O)O)c1. The van der Waals surface area contributed by atoms with Crippen LogP contribution in [0.15, 0.2) is 121 Å². The number of nitriles is 1. The first-order chi connectivity index (χ1) is 17.1. The molecule has 168 valence electrons. The molecule has 5 aromatic rings. The maximum atomic E-state index is 10.3. The van der Waals surface area contributed by atoms with Crippen LogP contribution in [0.1, 0.15) is 22.3 Å². The molecule has 0 amide bonds. The molecule has 0 bridgehead atoms. The van der Waals surface area contributed by atoms with E-state index in [1.165, 1.54) is 0 Å². The third kappa shape index (κ3) is 3.93. The fourth-order valence-electron chi connectivity index (χ4n) is 4.64. The van der Waals surface area contributed by atoms with E-state index < -0.39 is 12.7 Å². The minimum absolute atomic E-state index is 0.257. The van der Waals surface area contributed by atoms with Gasteiger partial charge in [0.05, 0.1) is 17.3 Å². The zero-order chi connectivity index (χ0) is 24.3. The smallest absolute Gasteiger partial charge is 0.423 e. The van der Waals surface area contributed by atoms with Gasteiger partial charge in [-0.1, -0.05) is 103 Å². The van der Waals surface area contributed by atoms with E-state index >= 15 is 0 Å². The van der Waals surface area contributed by atoms with E-state index in [2.05, 4.69) is 6.07 Å². The molecule has 0 saturated heterocycles. The summed E-state index contributed by atoms with van der Waals surface area (Å²) >= 11 is 0. The highest BCUT2D eigenvalue weighted by molar-refractivity contribution is 6.60. The van der Waals surface area contributed by atoms with Crippen molar-refractivity contribution in [1.82, 2.24) is 9.78 Å². The summed E-state index contributed by atoms with van der Waals surface area (Å²) in [6.07, 6.45) is 1.69. The van der Waals surface area contributed by atoms with Crippen LogP contribution in [0.2, 0.25) is 0 Å². The van der Waals surface area contributed by atoms with Crippen LogP contribution in [0.5, 0.6) is 0 Å². The van der Waals surface area contributed by atoms with E-state index in [0.717, 1.165) is 16.7 Å². The Morgan fingerprint density at radius 3 is 1.69 bits per heavy atom. The quantitative estimate of drug-likeness (QED) is 0.300. The number of aromatic nitrogens is 2. The molecule has 0 aliphatic rings. The summed E-state index contributed by atoms with van der Waals surface area (Å²) in [5.74, 6) is 0. The average Bonchev–Trinajstić information content (AvgIpc) is 3.37. The molecule has 0 fully saturated rings. The lowest BCUT2D eigenvalue weighted by Crippen LogP contribution is -2.39. The molecule has 5 rings (SSSR count). The van der Waals surface area contributed by atoms with E-state index in [9.17, 15) is 15.3 Å². The molecule has 0 saturated carbocycles. The van der Waals surface area contributed by atoms with Crippen molar-refractivity contribution in [1.29, 1.82) is 5.26 Å². The topological polar surface area (TPSA) is 82.1 Å². The van der Waals surface area contributed by atoms with Crippen LogP contribution in [0, 0.1) is 11.3 Å². The Labute approximate surface area is 204 Å². The van der Waals surface area contributed by atoms with Gasteiger partial charge >= 0.3 is 7.12 Å². The van der Waals surface area contributed by atoms with Gasteiger partial charge in [-0.15, -0.1) is 0 Å². The van der Waals surface area contributed by atoms with Crippen molar-refractivity contribution >= 4 is 12.6 Å². The lowest BCUT2D eigenvalue weighted by molar-refractivity contribution is 0.425. The summed E-state index contributed by atoms with van der Waals surface area (Å²) in [5, 5.41) is 35.0. The second-order valence-electron chi connectivity index (χ2n) is 8.25. The predicted octanol–water partition coefficient (Wildman–Crippen LogP) is 3.94. The molecule has 0 unspecified atom stereocenters. The zero-order valence-corrected chi connectivity index (χ0v) is 18.9. The molecular formula is C29H22BN3O2. The van der Waals surface area contributed by atoms with Crippen molar-refractivity contribution in [3.05, 3.63) is 144 Å². The van der Waals surface area contributed by atoms with E-state index in [1.54, 1.807) is 29.1 Å². The average molecular weight is 455 g/mol.